The first-order valence-electron chi connectivity index (χ1n) is 9.30. The third kappa shape index (κ3) is 3.88. The van der Waals surface area contributed by atoms with Crippen LogP contribution in [0.2, 0.25) is 10.2 Å². The van der Waals surface area contributed by atoms with Crippen molar-refractivity contribution in [1.82, 2.24) is 9.78 Å². The number of anilines is 1. The predicted molar refractivity (Wildman–Crippen MR) is 112 cm³/mol. The molecule has 4 rings (SSSR count). The van der Waals surface area contributed by atoms with Crippen LogP contribution in [-0.2, 0) is 19.5 Å². The molecule has 3 aromatic rings. The molecule has 32 heavy (non-hydrogen) atoms. The summed E-state index contributed by atoms with van der Waals surface area (Å²) in [5.41, 5.74) is 9.27. The van der Waals surface area contributed by atoms with E-state index in [2.05, 4.69) is 15.1 Å². The largest absolute Gasteiger partial charge is 0.304 e. The Kier molecular flexibility index (Phi) is 6.01. The van der Waals surface area contributed by atoms with Gasteiger partial charge in [-0.1, -0.05) is 40.4 Å². The highest BCUT2D eigenvalue weighted by Crippen LogP contribution is 2.34. The molecule has 0 radical (unpaired) electrons. The number of rotatable bonds is 5. The highest BCUT2D eigenvalue weighted by molar-refractivity contribution is 6.32. The topological polar surface area (TPSA) is 86.9 Å². The van der Waals surface area contributed by atoms with Gasteiger partial charge in [-0.25, -0.2) is 17.9 Å². The third-order valence-corrected chi connectivity index (χ3v) is 5.74. The molecule has 7 nitrogen and oxygen atoms in total. The van der Waals surface area contributed by atoms with Crippen molar-refractivity contribution in [3.63, 3.8) is 0 Å². The predicted octanol–water partition coefficient (Wildman–Crippen LogP) is 5.67. The van der Waals surface area contributed by atoms with Gasteiger partial charge >= 0.3 is 0 Å². The quantitative estimate of drug-likeness (QED) is 0.267. The monoisotopic (exact) mass is 480 g/mol. The van der Waals surface area contributed by atoms with Crippen molar-refractivity contribution >= 4 is 34.8 Å². The fourth-order valence-corrected chi connectivity index (χ4v) is 4.04. The second-order valence-corrected chi connectivity index (χ2v) is 7.76. The Morgan fingerprint density at radius 3 is 2.72 bits per heavy atom. The van der Waals surface area contributed by atoms with Gasteiger partial charge in [-0.15, -0.1) is 0 Å². The Labute approximate surface area is 189 Å². The van der Waals surface area contributed by atoms with E-state index in [4.69, 9.17) is 28.7 Å². The van der Waals surface area contributed by atoms with Gasteiger partial charge in [0.1, 0.15) is 5.15 Å². The number of hydrogen-bond donors (Lipinski definition) is 0. The summed E-state index contributed by atoms with van der Waals surface area (Å²) in [6, 6.07) is 6.42. The van der Waals surface area contributed by atoms with Gasteiger partial charge in [0.2, 0.25) is 0 Å². The van der Waals surface area contributed by atoms with Crippen LogP contribution < -0.4 is 4.90 Å². The number of azide groups is 1. The molecule has 0 N–H and O–H groups in total. The number of halogens is 5. The summed E-state index contributed by atoms with van der Waals surface area (Å²) in [4.78, 5) is 16.9. The summed E-state index contributed by atoms with van der Waals surface area (Å²) in [6.45, 7) is -0.176. The molecule has 1 amide bonds. The number of hydrogen-bond acceptors (Lipinski definition) is 3. The lowest BCUT2D eigenvalue weighted by Gasteiger charge is -2.27. The zero-order valence-electron chi connectivity index (χ0n) is 16.2. The summed E-state index contributed by atoms with van der Waals surface area (Å²) in [7, 11) is 0. The molecule has 0 saturated heterocycles. The molecule has 2 aromatic carbocycles. The highest BCUT2D eigenvalue weighted by Gasteiger charge is 2.33. The standard InChI is InChI=1S/C20H13Cl2F3N6O/c21-13-6-10(8-27-29-26)7-15(17(13)25)30-5-4-12-18(20(30)32)28-31(19(12)22)9-11-2-1-3-14(23)16(11)24/h1-3,6-7H,4-5,8-9H2. The van der Waals surface area contributed by atoms with Crippen molar-refractivity contribution in [3.05, 3.63) is 90.8 Å². The van der Waals surface area contributed by atoms with Crippen molar-refractivity contribution in [2.75, 3.05) is 11.4 Å². The third-order valence-electron chi connectivity index (χ3n) is 5.04. The Morgan fingerprint density at radius 1 is 1.19 bits per heavy atom. The minimum absolute atomic E-state index is 0.0135. The molecule has 12 heteroatoms. The van der Waals surface area contributed by atoms with E-state index in [9.17, 15) is 18.0 Å². The molecule has 2 heterocycles. The fraction of sp³-hybridized carbons (Fsp3) is 0.200. The van der Waals surface area contributed by atoms with Crippen LogP contribution in [0.3, 0.4) is 0 Å². The average Bonchev–Trinajstić information content (AvgIpc) is 3.09. The van der Waals surface area contributed by atoms with Crippen LogP contribution in [0, 0.1) is 17.5 Å². The van der Waals surface area contributed by atoms with Gasteiger partial charge in [0.05, 0.1) is 23.8 Å². The van der Waals surface area contributed by atoms with Gasteiger partial charge in [-0.2, -0.15) is 5.10 Å². The Bertz CT molecular complexity index is 1290. The maximum Gasteiger partial charge on any atom is 0.279 e. The van der Waals surface area contributed by atoms with Gasteiger partial charge in [0.25, 0.3) is 5.91 Å². The summed E-state index contributed by atoms with van der Waals surface area (Å²) < 4.78 is 43.5. The van der Waals surface area contributed by atoms with Crippen molar-refractivity contribution < 1.29 is 18.0 Å². The van der Waals surface area contributed by atoms with Crippen LogP contribution in [0.15, 0.2) is 35.4 Å². The van der Waals surface area contributed by atoms with E-state index in [1.807, 2.05) is 0 Å². The van der Waals surface area contributed by atoms with E-state index in [0.29, 0.717) is 11.1 Å². The zero-order chi connectivity index (χ0) is 23.0. The maximum absolute atomic E-state index is 14.7. The van der Waals surface area contributed by atoms with Gasteiger partial charge < -0.3 is 4.90 Å². The molecule has 0 saturated carbocycles. The molecule has 0 aliphatic carbocycles. The van der Waals surface area contributed by atoms with Crippen molar-refractivity contribution in [2.24, 2.45) is 5.11 Å². The normalized spacial score (nSPS) is 13.2. The highest BCUT2D eigenvalue weighted by atomic mass is 35.5. The number of fused-ring (bicyclic) bond motifs is 1. The number of carbonyl (C=O) groups is 1. The van der Waals surface area contributed by atoms with Gasteiger partial charge in [0, 0.05) is 22.6 Å². The van der Waals surface area contributed by atoms with Crippen LogP contribution in [0.4, 0.5) is 18.9 Å². The van der Waals surface area contributed by atoms with Gasteiger partial charge in [-0.05, 0) is 35.7 Å². The lowest BCUT2D eigenvalue weighted by atomic mass is 10.1. The van der Waals surface area contributed by atoms with E-state index in [-0.39, 0.29) is 53.2 Å². The minimum atomic E-state index is -1.03. The van der Waals surface area contributed by atoms with E-state index >= 15 is 0 Å². The molecule has 0 spiro atoms. The van der Waals surface area contributed by atoms with E-state index in [0.717, 1.165) is 6.07 Å². The van der Waals surface area contributed by atoms with Gasteiger partial charge in [0.15, 0.2) is 23.1 Å². The Morgan fingerprint density at radius 2 is 1.97 bits per heavy atom. The first-order chi connectivity index (χ1) is 15.3. The minimum Gasteiger partial charge on any atom is -0.304 e. The van der Waals surface area contributed by atoms with Crippen LogP contribution in [-0.4, -0.2) is 22.2 Å². The number of amides is 1. The summed E-state index contributed by atoms with van der Waals surface area (Å²) in [5, 5.41) is 7.50. The molecule has 1 aliphatic rings. The van der Waals surface area contributed by atoms with Crippen LogP contribution in [0.25, 0.3) is 10.4 Å². The van der Waals surface area contributed by atoms with Crippen LogP contribution in [0.1, 0.15) is 27.2 Å². The Hall–Kier alpha value is -3.20. The summed E-state index contributed by atoms with van der Waals surface area (Å²) in [6.07, 6.45) is 0.253. The molecule has 1 aromatic heterocycles. The smallest absolute Gasteiger partial charge is 0.279 e. The number of carbonyl (C=O) groups excluding carboxylic acids is 1. The maximum atomic E-state index is 14.7. The second kappa shape index (κ2) is 8.74. The first-order valence-corrected chi connectivity index (χ1v) is 10.1. The number of aromatic nitrogens is 2. The molecule has 1 aliphatic heterocycles. The SMILES string of the molecule is [N-]=[N+]=NCc1cc(Cl)c(F)c(N2CCc3c(nn(Cc4cccc(F)c4F)c3Cl)C2=O)c1. The molecule has 0 bridgehead atoms. The van der Waals surface area contributed by atoms with Crippen molar-refractivity contribution in [1.29, 1.82) is 0 Å². The lowest BCUT2D eigenvalue weighted by molar-refractivity contribution is 0.0974. The number of nitrogens with zero attached hydrogens (tertiary/aromatic N) is 6. The molecule has 0 unspecified atom stereocenters. The van der Waals surface area contributed by atoms with E-state index in [1.165, 1.54) is 33.8 Å². The lowest BCUT2D eigenvalue weighted by Crippen LogP contribution is -2.38. The number of benzene rings is 2. The van der Waals surface area contributed by atoms with E-state index in [1.54, 1.807) is 0 Å². The van der Waals surface area contributed by atoms with E-state index < -0.39 is 23.4 Å². The zero-order valence-corrected chi connectivity index (χ0v) is 17.7. The first kappa shape index (κ1) is 22.0. The summed E-state index contributed by atoms with van der Waals surface area (Å²) >= 11 is 12.3. The molecule has 164 valence electrons. The molecule has 0 atom stereocenters. The van der Waals surface area contributed by atoms with Crippen LogP contribution >= 0.6 is 23.2 Å². The van der Waals surface area contributed by atoms with Gasteiger partial charge in [-0.3, -0.25) is 4.79 Å². The van der Waals surface area contributed by atoms with Crippen molar-refractivity contribution in [3.8, 4) is 0 Å². The molecular formula is C20H13Cl2F3N6O. The summed E-state index contributed by atoms with van der Waals surface area (Å²) in [5.74, 6) is -3.47. The Balaban J connectivity index is 1.69. The fourth-order valence-electron chi connectivity index (χ4n) is 3.52. The second-order valence-electron chi connectivity index (χ2n) is 7.00. The van der Waals surface area contributed by atoms with Crippen LogP contribution in [0.5, 0.6) is 0 Å². The molecule has 0 fully saturated rings. The molecular weight excluding hydrogens is 468 g/mol. The van der Waals surface area contributed by atoms with Crippen molar-refractivity contribution in [2.45, 2.75) is 19.5 Å². The average molecular weight is 481 g/mol.